The molecule has 2 aliphatic carbocycles. The van der Waals surface area contributed by atoms with E-state index in [1.807, 2.05) is 6.07 Å². The Kier molecular flexibility index (Phi) is 12.5. The summed E-state index contributed by atoms with van der Waals surface area (Å²) in [7, 11) is 1.43. The summed E-state index contributed by atoms with van der Waals surface area (Å²) in [5.41, 5.74) is 1.50. The van der Waals surface area contributed by atoms with Crippen molar-refractivity contribution < 1.29 is 50.5 Å². The molecular formula is C47H40F6N4O5. The van der Waals surface area contributed by atoms with E-state index in [9.17, 15) is 41.0 Å². The number of aromatic carboxylic acids is 1. The molecule has 6 aromatic rings. The van der Waals surface area contributed by atoms with Crippen molar-refractivity contribution in [2.24, 2.45) is 0 Å². The van der Waals surface area contributed by atoms with Crippen molar-refractivity contribution in [3.05, 3.63) is 149 Å². The minimum Gasteiger partial charge on any atom is -0.497 e. The molecule has 0 atom stereocenters. The second-order valence-corrected chi connectivity index (χ2v) is 14.8. The van der Waals surface area contributed by atoms with Crippen LogP contribution in [0.5, 0.6) is 5.75 Å². The lowest BCUT2D eigenvalue weighted by atomic mass is 10.0. The summed E-state index contributed by atoms with van der Waals surface area (Å²) in [6.45, 7) is 1.91. The smallest absolute Gasteiger partial charge is 0.418 e. The number of ether oxygens (including phenoxy) is 2. The second kappa shape index (κ2) is 18.0. The van der Waals surface area contributed by atoms with Gasteiger partial charge in [-0.1, -0.05) is 54.6 Å². The molecule has 3 N–H and O–H groups in total. The number of halogens is 6. The molecule has 2 aliphatic rings. The second-order valence-electron chi connectivity index (χ2n) is 14.8. The number of alkyl halides is 6. The lowest BCUT2D eigenvalue weighted by Gasteiger charge is -2.16. The van der Waals surface area contributed by atoms with E-state index in [1.54, 1.807) is 79.7 Å². The van der Waals surface area contributed by atoms with Gasteiger partial charge in [-0.25, -0.2) is 9.59 Å². The standard InChI is InChI=1S/C24H21F3N2O2.C23H19F3N2O3/c1-2-31-23(30)19-12-17(15-8-9-15)10-11-21(19)29-18-13-20(24(25,26)27)22(28-14-18)16-6-4-3-5-7-16;1-31-17-4-2-3-15(9-17)21-19(23(24,25)26)11-16(12-27-21)28-20-8-7-14(13-5-6-13)10-18(20)22(29)30/h3-7,10-15,29H,2,8-9H2,1H3;2-4,7-13,28H,5-6H2,1H3,(H,29,30). The Morgan fingerprint density at radius 2 is 1.16 bits per heavy atom. The third-order valence-electron chi connectivity index (χ3n) is 10.2. The lowest BCUT2D eigenvalue weighted by molar-refractivity contribution is -0.138. The summed E-state index contributed by atoms with van der Waals surface area (Å²) in [6, 6.07) is 26.7. The molecular weight excluding hydrogens is 815 g/mol. The number of aromatic nitrogens is 2. The highest BCUT2D eigenvalue weighted by Gasteiger charge is 2.36. The molecule has 0 spiro atoms. The number of carboxylic acid groups (broad SMARTS) is 1. The van der Waals surface area contributed by atoms with Crippen molar-refractivity contribution in [1.82, 2.24) is 9.97 Å². The highest BCUT2D eigenvalue weighted by atomic mass is 19.4. The van der Waals surface area contributed by atoms with Crippen LogP contribution in [0.15, 0.2) is 116 Å². The van der Waals surface area contributed by atoms with E-state index in [2.05, 4.69) is 20.6 Å². The fraction of sp³-hybridized carbons (Fsp3) is 0.234. The van der Waals surface area contributed by atoms with Crippen LogP contribution in [-0.2, 0) is 17.1 Å². The Hall–Kier alpha value is -6.90. The van der Waals surface area contributed by atoms with Gasteiger partial charge in [0.05, 0.1) is 82.5 Å². The number of anilines is 4. The minimum atomic E-state index is -4.66. The Bertz CT molecular complexity index is 2590. The number of nitrogens with one attached hydrogen (secondary N) is 2. The van der Waals surface area contributed by atoms with Gasteiger partial charge in [-0.2, -0.15) is 26.3 Å². The van der Waals surface area contributed by atoms with E-state index in [1.165, 1.54) is 31.6 Å². The Balaban J connectivity index is 0.000000186. The van der Waals surface area contributed by atoms with Gasteiger partial charge in [0.15, 0.2) is 0 Å². The topological polar surface area (TPSA) is 123 Å². The summed E-state index contributed by atoms with van der Waals surface area (Å²) >= 11 is 0. The van der Waals surface area contributed by atoms with E-state index in [-0.39, 0.29) is 46.2 Å². The van der Waals surface area contributed by atoms with Crippen molar-refractivity contribution in [1.29, 1.82) is 0 Å². The van der Waals surface area contributed by atoms with Crippen molar-refractivity contribution in [2.75, 3.05) is 24.4 Å². The number of nitrogens with zero attached hydrogens (tertiary/aromatic N) is 2. The quantitative estimate of drug-likeness (QED) is 0.0815. The van der Waals surface area contributed by atoms with Crippen LogP contribution in [0.1, 0.15) is 87.4 Å². The maximum atomic E-state index is 13.8. The Morgan fingerprint density at radius 3 is 1.65 bits per heavy atom. The van der Waals surface area contributed by atoms with Crippen LogP contribution >= 0.6 is 0 Å². The zero-order valence-corrected chi connectivity index (χ0v) is 33.4. The Morgan fingerprint density at radius 1 is 0.661 bits per heavy atom. The van der Waals surface area contributed by atoms with E-state index in [4.69, 9.17) is 9.47 Å². The number of benzene rings is 4. The fourth-order valence-corrected chi connectivity index (χ4v) is 6.87. The van der Waals surface area contributed by atoms with Gasteiger partial charge in [0.25, 0.3) is 0 Å². The molecule has 0 saturated heterocycles. The van der Waals surface area contributed by atoms with Gasteiger partial charge in [-0.05, 0) is 104 Å². The molecule has 2 aromatic heterocycles. The van der Waals surface area contributed by atoms with Crippen LogP contribution < -0.4 is 15.4 Å². The molecule has 0 aliphatic heterocycles. The summed E-state index contributed by atoms with van der Waals surface area (Å²) < 4.78 is 92.9. The van der Waals surface area contributed by atoms with Crippen molar-refractivity contribution in [2.45, 2.75) is 56.8 Å². The normalized spacial score (nSPS) is 13.7. The van der Waals surface area contributed by atoms with Gasteiger partial charge in [0.2, 0.25) is 0 Å². The first-order valence-corrected chi connectivity index (χ1v) is 19.7. The van der Waals surface area contributed by atoms with Crippen molar-refractivity contribution in [3.63, 3.8) is 0 Å². The van der Waals surface area contributed by atoms with Crippen LogP contribution in [0.4, 0.5) is 49.1 Å². The summed E-state index contributed by atoms with van der Waals surface area (Å²) in [5.74, 6) is -0.477. The van der Waals surface area contributed by atoms with Crippen LogP contribution in [0.2, 0.25) is 0 Å². The molecule has 2 fully saturated rings. The number of hydrogen-bond acceptors (Lipinski definition) is 8. The molecule has 0 amide bonds. The maximum absolute atomic E-state index is 13.8. The third kappa shape index (κ3) is 10.3. The number of carbonyl (C=O) groups is 2. The average Bonchev–Trinajstić information content (AvgIpc) is 4.19. The van der Waals surface area contributed by atoms with Gasteiger partial charge in [-0.15, -0.1) is 0 Å². The number of carboxylic acids is 1. The molecule has 320 valence electrons. The number of hydrogen-bond donors (Lipinski definition) is 3. The van der Waals surface area contributed by atoms with Gasteiger partial charge in [-0.3, -0.25) is 9.97 Å². The highest BCUT2D eigenvalue weighted by Crippen LogP contribution is 2.44. The predicted octanol–water partition coefficient (Wildman–Crippen LogP) is 12.7. The molecule has 62 heavy (non-hydrogen) atoms. The summed E-state index contributed by atoms with van der Waals surface area (Å²) in [6.07, 6.45) is -2.51. The van der Waals surface area contributed by atoms with Gasteiger partial charge >= 0.3 is 24.3 Å². The monoisotopic (exact) mass is 854 g/mol. The largest absolute Gasteiger partial charge is 0.497 e. The van der Waals surface area contributed by atoms with Crippen LogP contribution in [0.25, 0.3) is 22.5 Å². The third-order valence-corrected chi connectivity index (χ3v) is 10.2. The van der Waals surface area contributed by atoms with Crippen molar-refractivity contribution >= 4 is 34.7 Å². The van der Waals surface area contributed by atoms with E-state index in [0.717, 1.165) is 48.9 Å². The SMILES string of the molecule is CCOC(=O)c1cc(C2CC2)ccc1Nc1cnc(-c2ccccc2)c(C(F)(F)F)c1.COc1cccc(-c2ncc(Nc3ccc(C4CC4)cc3C(=O)O)cc2C(F)(F)F)c1. The summed E-state index contributed by atoms with van der Waals surface area (Å²) in [4.78, 5) is 32.3. The minimum absolute atomic E-state index is 0.00910. The van der Waals surface area contributed by atoms with Crippen LogP contribution in [0.3, 0.4) is 0 Å². The number of methoxy groups -OCH3 is 1. The maximum Gasteiger partial charge on any atom is 0.418 e. The highest BCUT2D eigenvalue weighted by molar-refractivity contribution is 5.97. The molecule has 2 saturated carbocycles. The number of carbonyl (C=O) groups excluding carboxylic acids is 1. The van der Waals surface area contributed by atoms with Crippen LogP contribution in [0, 0.1) is 0 Å². The van der Waals surface area contributed by atoms with E-state index < -0.39 is 35.4 Å². The van der Waals surface area contributed by atoms with E-state index in [0.29, 0.717) is 34.4 Å². The van der Waals surface area contributed by atoms with Gasteiger partial charge < -0.3 is 25.2 Å². The molecule has 15 heteroatoms. The average molecular weight is 855 g/mol. The molecule has 2 heterocycles. The first-order valence-electron chi connectivity index (χ1n) is 19.7. The zero-order chi connectivity index (χ0) is 44.2. The van der Waals surface area contributed by atoms with E-state index >= 15 is 0 Å². The van der Waals surface area contributed by atoms with Crippen molar-refractivity contribution in [3.8, 4) is 28.3 Å². The number of esters is 1. The predicted molar refractivity (Wildman–Crippen MR) is 222 cm³/mol. The zero-order valence-electron chi connectivity index (χ0n) is 33.4. The van der Waals surface area contributed by atoms with Crippen LogP contribution in [-0.4, -0.2) is 40.7 Å². The molecule has 0 unspecified atom stereocenters. The lowest BCUT2D eigenvalue weighted by Crippen LogP contribution is -2.11. The first kappa shape index (κ1) is 43.2. The van der Waals surface area contributed by atoms with Gasteiger partial charge in [0.1, 0.15) is 5.75 Å². The molecule has 9 nitrogen and oxygen atoms in total. The van der Waals surface area contributed by atoms with Gasteiger partial charge in [0, 0.05) is 11.1 Å². The molecule has 4 aromatic carbocycles. The number of rotatable bonds is 12. The Labute approximate surface area is 352 Å². The fourth-order valence-electron chi connectivity index (χ4n) is 6.87. The first-order chi connectivity index (χ1) is 29.6. The summed E-state index contributed by atoms with van der Waals surface area (Å²) in [5, 5.41) is 15.3. The molecule has 8 rings (SSSR count). The number of pyridine rings is 2. The molecule has 0 radical (unpaired) electrons. The molecule has 0 bridgehead atoms.